The second-order valence-electron chi connectivity index (χ2n) is 6.30. The molecule has 0 radical (unpaired) electrons. The van der Waals surface area contributed by atoms with Crippen LogP contribution in [0.25, 0.3) is 0 Å². The standard InChI is InChI=1S/C19H24N2O4S/c1-13(2)15-6-8-16(9-7-15)21-19(22)12-20-26(23,24)18-11-14(3)5-10-17(18)25-4/h5-11,13,20H,12H2,1-4H3,(H,21,22). The Balaban J connectivity index is 2.03. The molecule has 2 N–H and O–H groups in total. The van der Waals surface area contributed by atoms with Gasteiger partial charge in [0.05, 0.1) is 13.7 Å². The molecule has 0 atom stereocenters. The maximum atomic E-state index is 12.5. The average molecular weight is 376 g/mol. The molecule has 2 rings (SSSR count). The quantitative estimate of drug-likeness (QED) is 0.778. The van der Waals surface area contributed by atoms with Gasteiger partial charge in [0, 0.05) is 5.69 Å². The lowest BCUT2D eigenvalue weighted by Crippen LogP contribution is -2.33. The van der Waals surface area contributed by atoms with Gasteiger partial charge < -0.3 is 10.1 Å². The van der Waals surface area contributed by atoms with Crippen LogP contribution in [0.1, 0.15) is 30.9 Å². The van der Waals surface area contributed by atoms with Crippen molar-refractivity contribution in [2.75, 3.05) is 19.0 Å². The summed E-state index contributed by atoms with van der Waals surface area (Å²) in [6.07, 6.45) is 0. The maximum absolute atomic E-state index is 12.5. The van der Waals surface area contributed by atoms with E-state index < -0.39 is 15.9 Å². The molecule has 0 saturated heterocycles. The van der Waals surface area contributed by atoms with E-state index in [1.807, 2.05) is 12.1 Å². The largest absolute Gasteiger partial charge is 0.495 e. The molecule has 7 heteroatoms. The highest BCUT2D eigenvalue weighted by molar-refractivity contribution is 7.89. The fourth-order valence-electron chi connectivity index (χ4n) is 2.39. The number of sulfonamides is 1. The molecule has 0 fully saturated rings. The van der Waals surface area contributed by atoms with Crippen molar-refractivity contribution in [1.29, 1.82) is 0 Å². The third-order valence-corrected chi connectivity index (χ3v) is 5.31. The molecule has 2 aromatic rings. The number of rotatable bonds is 7. The summed E-state index contributed by atoms with van der Waals surface area (Å²) >= 11 is 0. The normalized spacial score (nSPS) is 11.4. The van der Waals surface area contributed by atoms with Crippen molar-refractivity contribution in [3.63, 3.8) is 0 Å². The van der Waals surface area contributed by atoms with Crippen LogP contribution >= 0.6 is 0 Å². The summed E-state index contributed by atoms with van der Waals surface area (Å²) in [4.78, 5) is 12.1. The third kappa shape index (κ3) is 5.06. The summed E-state index contributed by atoms with van der Waals surface area (Å²) in [5.41, 5.74) is 2.56. The van der Waals surface area contributed by atoms with Crippen LogP contribution in [0.4, 0.5) is 5.69 Å². The number of hydrogen-bond donors (Lipinski definition) is 2. The third-order valence-electron chi connectivity index (χ3n) is 3.89. The van der Waals surface area contributed by atoms with Crippen LogP contribution in [0.2, 0.25) is 0 Å². The molecule has 2 aromatic carbocycles. The molecule has 0 aliphatic carbocycles. The minimum atomic E-state index is -3.87. The number of carbonyl (C=O) groups is 1. The lowest BCUT2D eigenvalue weighted by atomic mass is 10.0. The Hall–Kier alpha value is -2.38. The van der Waals surface area contributed by atoms with Crippen LogP contribution in [0, 0.1) is 6.92 Å². The average Bonchev–Trinajstić information content (AvgIpc) is 2.60. The first-order valence-electron chi connectivity index (χ1n) is 8.27. The summed E-state index contributed by atoms with van der Waals surface area (Å²) < 4.78 is 32.3. The predicted molar refractivity (Wildman–Crippen MR) is 102 cm³/mol. The Morgan fingerprint density at radius 3 is 2.35 bits per heavy atom. The van der Waals surface area contributed by atoms with Gasteiger partial charge in [-0.25, -0.2) is 13.1 Å². The first-order valence-corrected chi connectivity index (χ1v) is 9.75. The highest BCUT2D eigenvalue weighted by Gasteiger charge is 2.20. The van der Waals surface area contributed by atoms with E-state index in [1.165, 1.54) is 13.2 Å². The molecule has 0 aliphatic rings. The molecule has 140 valence electrons. The number of benzene rings is 2. The predicted octanol–water partition coefficient (Wildman–Crippen LogP) is 3.04. The topological polar surface area (TPSA) is 84.5 Å². The summed E-state index contributed by atoms with van der Waals surface area (Å²) in [5.74, 6) is 0.182. The van der Waals surface area contributed by atoms with Gasteiger partial charge in [-0.05, 0) is 48.2 Å². The van der Waals surface area contributed by atoms with Gasteiger partial charge in [0.15, 0.2) is 0 Å². The van der Waals surface area contributed by atoms with E-state index in [4.69, 9.17) is 4.74 Å². The van der Waals surface area contributed by atoms with E-state index in [2.05, 4.69) is 23.9 Å². The molecule has 26 heavy (non-hydrogen) atoms. The minimum absolute atomic E-state index is 0.00841. The van der Waals surface area contributed by atoms with Crippen molar-refractivity contribution in [2.45, 2.75) is 31.6 Å². The van der Waals surface area contributed by atoms with Crippen LogP contribution in [-0.4, -0.2) is 28.0 Å². The number of methoxy groups -OCH3 is 1. The molecule has 0 aromatic heterocycles. The van der Waals surface area contributed by atoms with Crippen molar-refractivity contribution in [2.24, 2.45) is 0 Å². The van der Waals surface area contributed by atoms with Gasteiger partial charge >= 0.3 is 0 Å². The van der Waals surface area contributed by atoms with Gasteiger partial charge in [0.1, 0.15) is 10.6 Å². The van der Waals surface area contributed by atoms with Crippen molar-refractivity contribution >= 4 is 21.6 Å². The highest BCUT2D eigenvalue weighted by atomic mass is 32.2. The van der Waals surface area contributed by atoms with Crippen molar-refractivity contribution in [3.05, 3.63) is 53.6 Å². The number of amides is 1. The van der Waals surface area contributed by atoms with E-state index in [-0.39, 0.29) is 17.2 Å². The summed E-state index contributed by atoms with van der Waals surface area (Å²) in [7, 11) is -2.47. The summed E-state index contributed by atoms with van der Waals surface area (Å²) in [5, 5.41) is 2.67. The van der Waals surface area contributed by atoms with Gasteiger partial charge in [0.2, 0.25) is 15.9 Å². The molecule has 6 nitrogen and oxygen atoms in total. The number of aryl methyl sites for hydroxylation is 1. The van der Waals surface area contributed by atoms with E-state index in [9.17, 15) is 13.2 Å². The lowest BCUT2D eigenvalue weighted by molar-refractivity contribution is -0.115. The highest BCUT2D eigenvalue weighted by Crippen LogP contribution is 2.24. The van der Waals surface area contributed by atoms with Crippen LogP contribution in [0.15, 0.2) is 47.4 Å². The van der Waals surface area contributed by atoms with Gasteiger partial charge in [-0.2, -0.15) is 0 Å². The number of nitrogens with one attached hydrogen (secondary N) is 2. The second kappa shape index (κ2) is 8.33. The smallest absolute Gasteiger partial charge is 0.244 e. The number of carbonyl (C=O) groups excluding carboxylic acids is 1. The Labute approximate surface area is 154 Å². The Bertz CT molecular complexity index is 875. The van der Waals surface area contributed by atoms with Crippen molar-refractivity contribution in [3.8, 4) is 5.75 Å². The molecular weight excluding hydrogens is 352 g/mol. The van der Waals surface area contributed by atoms with Crippen molar-refractivity contribution < 1.29 is 17.9 Å². The number of anilines is 1. The van der Waals surface area contributed by atoms with E-state index in [0.717, 1.165) is 11.1 Å². The van der Waals surface area contributed by atoms with Crippen molar-refractivity contribution in [1.82, 2.24) is 4.72 Å². The van der Waals surface area contributed by atoms with Gasteiger partial charge in [-0.3, -0.25) is 4.79 Å². The summed E-state index contributed by atoms with van der Waals surface area (Å²) in [6, 6.07) is 12.3. The zero-order valence-electron chi connectivity index (χ0n) is 15.4. The van der Waals surface area contributed by atoms with E-state index >= 15 is 0 Å². The molecular formula is C19H24N2O4S. The molecule has 1 amide bonds. The Morgan fingerprint density at radius 2 is 1.77 bits per heavy atom. The number of ether oxygens (including phenoxy) is 1. The minimum Gasteiger partial charge on any atom is -0.495 e. The van der Waals surface area contributed by atoms with Crippen LogP contribution < -0.4 is 14.8 Å². The van der Waals surface area contributed by atoms with E-state index in [0.29, 0.717) is 11.6 Å². The maximum Gasteiger partial charge on any atom is 0.244 e. The zero-order valence-corrected chi connectivity index (χ0v) is 16.2. The lowest BCUT2D eigenvalue weighted by Gasteiger charge is -2.12. The molecule has 0 unspecified atom stereocenters. The molecule has 0 bridgehead atoms. The second-order valence-corrected chi connectivity index (χ2v) is 8.04. The first kappa shape index (κ1) is 19.9. The fraction of sp³-hybridized carbons (Fsp3) is 0.316. The van der Waals surface area contributed by atoms with Gasteiger partial charge in [-0.1, -0.05) is 32.0 Å². The molecule has 0 aliphatic heterocycles. The number of hydrogen-bond acceptors (Lipinski definition) is 4. The molecule has 0 heterocycles. The Kier molecular flexibility index (Phi) is 6.39. The Morgan fingerprint density at radius 1 is 1.12 bits per heavy atom. The fourth-order valence-corrected chi connectivity index (χ4v) is 3.62. The molecule has 0 spiro atoms. The van der Waals surface area contributed by atoms with Crippen LogP contribution in [0.3, 0.4) is 0 Å². The molecule has 0 saturated carbocycles. The van der Waals surface area contributed by atoms with Crippen LogP contribution in [0.5, 0.6) is 5.75 Å². The monoisotopic (exact) mass is 376 g/mol. The SMILES string of the molecule is COc1ccc(C)cc1S(=O)(=O)NCC(=O)Nc1ccc(C(C)C)cc1. The van der Waals surface area contributed by atoms with Gasteiger partial charge in [0.25, 0.3) is 0 Å². The zero-order chi connectivity index (χ0) is 19.3. The first-order chi connectivity index (χ1) is 12.2. The van der Waals surface area contributed by atoms with Crippen LogP contribution in [-0.2, 0) is 14.8 Å². The van der Waals surface area contributed by atoms with Gasteiger partial charge in [-0.15, -0.1) is 0 Å². The summed E-state index contributed by atoms with van der Waals surface area (Å²) in [6.45, 7) is 5.58. The van der Waals surface area contributed by atoms with E-state index in [1.54, 1.807) is 31.2 Å².